The van der Waals surface area contributed by atoms with Gasteiger partial charge in [0.15, 0.2) is 0 Å². The van der Waals surface area contributed by atoms with E-state index in [4.69, 9.17) is 5.73 Å². The zero-order chi connectivity index (χ0) is 11.7. The van der Waals surface area contributed by atoms with Gasteiger partial charge in [0.1, 0.15) is 0 Å². The minimum absolute atomic E-state index is 0.585. The Morgan fingerprint density at radius 3 is 2.20 bits per heavy atom. The van der Waals surface area contributed by atoms with Gasteiger partial charge in [0.05, 0.1) is 0 Å². The van der Waals surface area contributed by atoms with Crippen LogP contribution in [0.1, 0.15) is 33.1 Å². The van der Waals surface area contributed by atoms with Crippen LogP contribution < -0.4 is 5.73 Å². The van der Waals surface area contributed by atoms with Crippen LogP contribution in [0.15, 0.2) is 0 Å². The van der Waals surface area contributed by atoms with Gasteiger partial charge in [-0.2, -0.15) is 0 Å². The molecule has 3 heteroatoms. The zero-order valence-corrected chi connectivity index (χ0v) is 11.0. The third-order valence-electron chi connectivity index (χ3n) is 2.87. The summed E-state index contributed by atoms with van der Waals surface area (Å²) in [6, 6.07) is 0.585. The molecule has 0 saturated carbocycles. The Balaban J connectivity index is 3.86. The first-order valence-electron chi connectivity index (χ1n) is 6.24. The first-order chi connectivity index (χ1) is 7.15. The van der Waals surface area contributed by atoms with Gasteiger partial charge in [-0.25, -0.2) is 0 Å². The van der Waals surface area contributed by atoms with Crippen molar-refractivity contribution in [2.45, 2.75) is 39.2 Å². The molecule has 0 rings (SSSR count). The van der Waals surface area contributed by atoms with Crippen LogP contribution in [0.4, 0.5) is 0 Å². The van der Waals surface area contributed by atoms with E-state index in [0.717, 1.165) is 13.1 Å². The van der Waals surface area contributed by atoms with Crippen molar-refractivity contribution in [1.82, 2.24) is 9.80 Å². The fourth-order valence-corrected chi connectivity index (χ4v) is 1.97. The van der Waals surface area contributed by atoms with Gasteiger partial charge in [0, 0.05) is 12.6 Å². The highest BCUT2D eigenvalue weighted by Crippen LogP contribution is 2.06. The minimum atomic E-state index is 0.585. The Morgan fingerprint density at radius 1 is 1.13 bits per heavy atom. The molecular formula is C12H29N3. The summed E-state index contributed by atoms with van der Waals surface area (Å²) in [4.78, 5) is 4.76. The molecule has 0 aromatic rings. The van der Waals surface area contributed by atoms with Crippen molar-refractivity contribution < 1.29 is 0 Å². The Kier molecular flexibility index (Phi) is 9.06. The lowest BCUT2D eigenvalue weighted by atomic mass is 10.1. The van der Waals surface area contributed by atoms with E-state index < -0.39 is 0 Å². The van der Waals surface area contributed by atoms with Crippen molar-refractivity contribution in [3.8, 4) is 0 Å². The highest BCUT2D eigenvalue weighted by molar-refractivity contribution is 4.71. The molecule has 1 unspecified atom stereocenters. The average Bonchev–Trinajstić information content (AvgIpc) is 2.21. The summed E-state index contributed by atoms with van der Waals surface area (Å²) in [5, 5.41) is 0. The van der Waals surface area contributed by atoms with Crippen LogP contribution >= 0.6 is 0 Å². The second kappa shape index (κ2) is 9.13. The van der Waals surface area contributed by atoms with Gasteiger partial charge in [-0.1, -0.05) is 20.3 Å². The fraction of sp³-hybridized carbons (Fsp3) is 1.00. The van der Waals surface area contributed by atoms with Crippen molar-refractivity contribution in [3.05, 3.63) is 0 Å². The van der Waals surface area contributed by atoms with Crippen LogP contribution in [0.3, 0.4) is 0 Å². The number of hydrogen-bond acceptors (Lipinski definition) is 3. The number of likely N-dealkylation sites (N-methyl/N-ethyl adjacent to an activating group) is 1. The fourth-order valence-electron chi connectivity index (χ4n) is 1.97. The first-order valence-corrected chi connectivity index (χ1v) is 6.24. The van der Waals surface area contributed by atoms with E-state index in [0.29, 0.717) is 6.04 Å². The molecule has 1 atom stereocenters. The molecule has 2 N–H and O–H groups in total. The van der Waals surface area contributed by atoms with Gasteiger partial charge in [-0.15, -0.1) is 0 Å². The molecule has 0 aromatic heterocycles. The van der Waals surface area contributed by atoms with E-state index in [9.17, 15) is 0 Å². The number of rotatable bonds is 9. The Morgan fingerprint density at radius 2 is 1.80 bits per heavy atom. The van der Waals surface area contributed by atoms with E-state index >= 15 is 0 Å². The highest BCUT2D eigenvalue weighted by Gasteiger charge is 2.13. The molecule has 0 spiro atoms. The molecule has 0 fully saturated rings. The molecule has 0 aliphatic heterocycles. The molecule has 0 aromatic carbocycles. The summed E-state index contributed by atoms with van der Waals surface area (Å²) in [5.74, 6) is 0. The quantitative estimate of drug-likeness (QED) is 0.631. The predicted octanol–water partition coefficient (Wildman–Crippen LogP) is 1.39. The third-order valence-corrected chi connectivity index (χ3v) is 2.87. The molecule has 0 saturated heterocycles. The van der Waals surface area contributed by atoms with E-state index in [1.807, 2.05) is 0 Å². The Hall–Kier alpha value is -0.120. The van der Waals surface area contributed by atoms with Gasteiger partial charge >= 0.3 is 0 Å². The molecule has 0 bridgehead atoms. The topological polar surface area (TPSA) is 32.5 Å². The molecular weight excluding hydrogens is 186 g/mol. The monoisotopic (exact) mass is 215 g/mol. The van der Waals surface area contributed by atoms with Crippen molar-refractivity contribution in [1.29, 1.82) is 0 Å². The maximum absolute atomic E-state index is 5.81. The SMILES string of the molecule is CCCC(CN)N(CC)CCCN(C)C. The lowest BCUT2D eigenvalue weighted by Crippen LogP contribution is -2.41. The normalized spacial score (nSPS) is 13.8. The van der Waals surface area contributed by atoms with Crippen molar-refractivity contribution >= 4 is 0 Å². The number of nitrogens with two attached hydrogens (primary N) is 1. The second-order valence-corrected chi connectivity index (χ2v) is 4.46. The highest BCUT2D eigenvalue weighted by atomic mass is 15.2. The van der Waals surface area contributed by atoms with E-state index in [1.54, 1.807) is 0 Å². The van der Waals surface area contributed by atoms with Gasteiger partial charge in [0.2, 0.25) is 0 Å². The molecule has 15 heavy (non-hydrogen) atoms. The molecule has 0 aliphatic carbocycles. The molecule has 0 amide bonds. The van der Waals surface area contributed by atoms with E-state index in [1.165, 1.54) is 32.4 Å². The van der Waals surface area contributed by atoms with Crippen LogP contribution in [0.5, 0.6) is 0 Å². The van der Waals surface area contributed by atoms with Gasteiger partial charge < -0.3 is 10.6 Å². The average molecular weight is 215 g/mol. The summed E-state index contributed by atoms with van der Waals surface area (Å²) in [6.45, 7) is 8.72. The first kappa shape index (κ1) is 14.9. The van der Waals surface area contributed by atoms with Gasteiger partial charge in [0.25, 0.3) is 0 Å². The van der Waals surface area contributed by atoms with Crippen molar-refractivity contribution in [2.75, 3.05) is 40.3 Å². The van der Waals surface area contributed by atoms with E-state index in [2.05, 4.69) is 37.7 Å². The molecule has 0 radical (unpaired) electrons. The molecule has 0 heterocycles. The van der Waals surface area contributed by atoms with Gasteiger partial charge in [-0.3, -0.25) is 4.90 Å². The molecule has 0 aliphatic rings. The van der Waals surface area contributed by atoms with E-state index in [-0.39, 0.29) is 0 Å². The van der Waals surface area contributed by atoms with Crippen LogP contribution in [-0.4, -0.2) is 56.1 Å². The molecule has 3 nitrogen and oxygen atoms in total. The minimum Gasteiger partial charge on any atom is -0.329 e. The molecule has 92 valence electrons. The maximum atomic E-state index is 5.81. The number of nitrogens with zero attached hydrogens (tertiary/aromatic N) is 2. The van der Waals surface area contributed by atoms with Crippen LogP contribution in [0, 0.1) is 0 Å². The van der Waals surface area contributed by atoms with Gasteiger partial charge in [-0.05, 0) is 46.6 Å². The zero-order valence-electron chi connectivity index (χ0n) is 11.0. The summed E-state index contributed by atoms with van der Waals surface area (Å²) in [6.07, 6.45) is 3.69. The lowest BCUT2D eigenvalue weighted by molar-refractivity contribution is 0.190. The lowest BCUT2D eigenvalue weighted by Gasteiger charge is -2.30. The summed E-state index contributed by atoms with van der Waals surface area (Å²) >= 11 is 0. The predicted molar refractivity (Wildman–Crippen MR) is 68.2 cm³/mol. The van der Waals surface area contributed by atoms with Crippen molar-refractivity contribution in [3.63, 3.8) is 0 Å². The van der Waals surface area contributed by atoms with Crippen LogP contribution in [0.25, 0.3) is 0 Å². The summed E-state index contributed by atoms with van der Waals surface area (Å²) < 4.78 is 0. The van der Waals surface area contributed by atoms with Crippen molar-refractivity contribution in [2.24, 2.45) is 5.73 Å². The summed E-state index contributed by atoms with van der Waals surface area (Å²) in [7, 11) is 4.26. The maximum Gasteiger partial charge on any atom is 0.0218 e. The largest absolute Gasteiger partial charge is 0.329 e. The number of hydrogen-bond donors (Lipinski definition) is 1. The van der Waals surface area contributed by atoms with Crippen LogP contribution in [0.2, 0.25) is 0 Å². The third kappa shape index (κ3) is 6.88. The van der Waals surface area contributed by atoms with Crippen LogP contribution in [-0.2, 0) is 0 Å². The standard InChI is InChI=1S/C12H29N3/c1-5-8-12(11-13)15(6-2)10-7-9-14(3)4/h12H,5-11,13H2,1-4H3. The smallest absolute Gasteiger partial charge is 0.0218 e. The Bertz CT molecular complexity index is 137. The Labute approximate surface area is 95.6 Å². The summed E-state index contributed by atoms with van der Waals surface area (Å²) in [5.41, 5.74) is 5.81. The second-order valence-electron chi connectivity index (χ2n) is 4.46.